The minimum absolute atomic E-state index is 0.670. The molecule has 2 rings (SSSR count). The molecule has 1 aliphatic rings. The molecule has 18 heavy (non-hydrogen) atoms. The Morgan fingerprint density at radius 2 is 2.11 bits per heavy atom. The van der Waals surface area contributed by atoms with Gasteiger partial charge in [-0.15, -0.1) is 11.3 Å². The Bertz CT molecular complexity index is 344. The van der Waals surface area contributed by atoms with E-state index in [1.807, 2.05) is 11.3 Å². The van der Waals surface area contributed by atoms with Crippen LogP contribution < -0.4 is 5.32 Å². The maximum Gasteiger partial charge on any atom is 0.0701 e. The van der Waals surface area contributed by atoms with Gasteiger partial charge in [0.2, 0.25) is 0 Å². The molecular formula is C15H24BrNS. The SMILES string of the molecule is CCNC(Cc1ccc(Br)s1)CC1CCCCC1. The fourth-order valence-corrected chi connectivity index (χ4v) is 4.62. The molecule has 102 valence electrons. The van der Waals surface area contributed by atoms with Gasteiger partial charge in [-0.05, 0) is 53.4 Å². The van der Waals surface area contributed by atoms with Crippen LogP contribution in [-0.4, -0.2) is 12.6 Å². The first kappa shape index (κ1) is 14.5. The van der Waals surface area contributed by atoms with Crippen molar-refractivity contribution in [3.63, 3.8) is 0 Å². The molecule has 0 saturated heterocycles. The van der Waals surface area contributed by atoms with Gasteiger partial charge in [0.1, 0.15) is 0 Å². The Labute approximate surface area is 123 Å². The van der Waals surface area contributed by atoms with Crippen LogP contribution in [0.3, 0.4) is 0 Å². The summed E-state index contributed by atoms with van der Waals surface area (Å²) >= 11 is 5.44. The summed E-state index contributed by atoms with van der Waals surface area (Å²) in [7, 11) is 0. The number of hydrogen-bond acceptors (Lipinski definition) is 2. The average molecular weight is 330 g/mol. The lowest BCUT2D eigenvalue weighted by Crippen LogP contribution is -2.33. The van der Waals surface area contributed by atoms with E-state index < -0.39 is 0 Å². The predicted octanol–water partition coefficient (Wildman–Crippen LogP) is 5.00. The monoisotopic (exact) mass is 329 g/mol. The van der Waals surface area contributed by atoms with E-state index in [9.17, 15) is 0 Å². The summed E-state index contributed by atoms with van der Waals surface area (Å²) < 4.78 is 1.26. The molecule has 1 heterocycles. The van der Waals surface area contributed by atoms with Crippen LogP contribution in [0.15, 0.2) is 15.9 Å². The van der Waals surface area contributed by atoms with Gasteiger partial charge in [0.25, 0.3) is 0 Å². The number of rotatable bonds is 6. The Morgan fingerprint density at radius 3 is 2.72 bits per heavy atom. The van der Waals surface area contributed by atoms with Crippen molar-refractivity contribution in [3.8, 4) is 0 Å². The van der Waals surface area contributed by atoms with Gasteiger partial charge in [-0.2, -0.15) is 0 Å². The van der Waals surface area contributed by atoms with Gasteiger partial charge in [-0.25, -0.2) is 0 Å². The minimum atomic E-state index is 0.670. The molecule has 3 heteroatoms. The quantitative estimate of drug-likeness (QED) is 0.774. The second-order valence-corrected chi connectivity index (χ2v) is 7.95. The zero-order chi connectivity index (χ0) is 12.8. The van der Waals surface area contributed by atoms with Crippen molar-refractivity contribution in [1.29, 1.82) is 0 Å². The second kappa shape index (κ2) is 7.66. The molecule has 0 radical (unpaired) electrons. The highest BCUT2D eigenvalue weighted by Crippen LogP contribution is 2.29. The highest BCUT2D eigenvalue weighted by molar-refractivity contribution is 9.11. The summed E-state index contributed by atoms with van der Waals surface area (Å²) in [5, 5.41) is 3.68. The predicted molar refractivity (Wildman–Crippen MR) is 84.4 cm³/mol. The first-order valence-electron chi connectivity index (χ1n) is 7.25. The van der Waals surface area contributed by atoms with Crippen LogP contribution in [0.4, 0.5) is 0 Å². The summed E-state index contributed by atoms with van der Waals surface area (Å²) in [6, 6.07) is 5.10. The van der Waals surface area contributed by atoms with E-state index in [2.05, 4.69) is 40.3 Å². The van der Waals surface area contributed by atoms with E-state index in [0.29, 0.717) is 6.04 Å². The molecule has 1 aromatic rings. The smallest absolute Gasteiger partial charge is 0.0701 e. The van der Waals surface area contributed by atoms with Crippen molar-refractivity contribution in [2.24, 2.45) is 5.92 Å². The number of thiophene rings is 1. The van der Waals surface area contributed by atoms with Crippen molar-refractivity contribution in [3.05, 3.63) is 20.8 Å². The van der Waals surface area contributed by atoms with Crippen molar-refractivity contribution < 1.29 is 0 Å². The molecule has 1 N–H and O–H groups in total. The van der Waals surface area contributed by atoms with E-state index in [1.54, 1.807) is 0 Å². The molecule has 1 nitrogen and oxygen atoms in total. The van der Waals surface area contributed by atoms with E-state index in [0.717, 1.165) is 12.5 Å². The summed E-state index contributed by atoms with van der Waals surface area (Å²) in [4.78, 5) is 1.50. The minimum Gasteiger partial charge on any atom is -0.314 e. The van der Waals surface area contributed by atoms with Crippen molar-refractivity contribution in [2.45, 2.75) is 57.9 Å². The number of halogens is 1. The normalized spacial score (nSPS) is 19.0. The third-order valence-corrected chi connectivity index (χ3v) is 5.56. The van der Waals surface area contributed by atoms with Crippen LogP contribution in [0, 0.1) is 5.92 Å². The molecule has 1 fully saturated rings. The van der Waals surface area contributed by atoms with Gasteiger partial charge in [0.05, 0.1) is 3.79 Å². The van der Waals surface area contributed by atoms with Crippen LogP contribution in [0.2, 0.25) is 0 Å². The van der Waals surface area contributed by atoms with Crippen LogP contribution >= 0.6 is 27.3 Å². The average Bonchev–Trinajstić information content (AvgIpc) is 2.76. The van der Waals surface area contributed by atoms with Gasteiger partial charge in [0.15, 0.2) is 0 Å². The molecule has 0 aliphatic heterocycles. The Balaban J connectivity index is 1.86. The van der Waals surface area contributed by atoms with Crippen LogP contribution in [0.5, 0.6) is 0 Å². The standard InChI is InChI=1S/C15H24BrNS/c1-2-17-13(10-12-6-4-3-5-7-12)11-14-8-9-15(16)18-14/h8-9,12-13,17H,2-7,10-11H2,1H3. The van der Waals surface area contributed by atoms with Crippen molar-refractivity contribution >= 4 is 27.3 Å². The lowest BCUT2D eigenvalue weighted by Gasteiger charge is -2.26. The molecule has 1 unspecified atom stereocenters. The maximum atomic E-state index is 3.68. The van der Waals surface area contributed by atoms with E-state index in [4.69, 9.17) is 0 Å². The fraction of sp³-hybridized carbons (Fsp3) is 0.733. The molecule has 1 saturated carbocycles. The van der Waals surface area contributed by atoms with Gasteiger partial charge < -0.3 is 5.32 Å². The van der Waals surface area contributed by atoms with Crippen LogP contribution in [0.1, 0.15) is 50.3 Å². The van der Waals surface area contributed by atoms with E-state index in [1.165, 1.54) is 53.6 Å². The second-order valence-electron chi connectivity index (χ2n) is 5.40. The third-order valence-electron chi connectivity index (χ3n) is 3.91. The van der Waals surface area contributed by atoms with Gasteiger partial charge in [0, 0.05) is 10.9 Å². The topological polar surface area (TPSA) is 12.0 Å². The van der Waals surface area contributed by atoms with Gasteiger partial charge in [-0.1, -0.05) is 39.0 Å². The molecule has 0 amide bonds. The fourth-order valence-electron chi connectivity index (χ4n) is 3.06. The first-order chi connectivity index (χ1) is 8.78. The number of nitrogens with one attached hydrogen (secondary N) is 1. The zero-order valence-electron chi connectivity index (χ0n) is 11.3. The molecule has 1 aliphatic carbocycles. The molecule has 0 spiro atoms. The van der Waals surface area contributed by atoms with Crippen molar-refractivity contribution in [2.75, 3.05) is 6.54 Å². The largest absolute Gasteiger partial charge is 0.314 e. The molecular weight excluding hydrogens is 306 g/mol. The van der Waals surface area contributed by atoms with Crippen LogP contribution in [-0.2, 0) is 6.42 Å². The lowest BCUT2D eigenvalue weighted by molar-refractivity contribution is 0.299. The summed E-state index contributed by atoms with van der Waals surface area (Å²) in [5.74, 6) is 0.964. The summed E-state index contributed by atoms with van der Waals surface area (Å²) in [6.07, 6.45) is 9.83. The molecule has 1 aromatic heterocycles. The zero-order valence-corrected chi connectivity index (χ0v) is 13.7. The lowest BCUT2D eigenvalue weighted by atomic mass is 9.84. The van der Waals surface area contributed by atoms with Crippen molar-refractivity contribution in [1.82, 2.24) is 5.32 Å². The molecule has 1 atom stereocenters. The molecule has 0 bridgehead atoms. The highest BCUT2D eigenvalue weighted by Gasteiger charge is 2.19. The Kier molecular flexibility index (Phi) is 6.19. The summed E-state index contributed by atoms with van der Waals surface area (Å²) in [6.45, 7) is 3.31. The number of hydrogen-bond donors (Lipinski definition) is 1. The Hall–Kier alpha value is 0.140. The van der Waals surface area contributed by atoms with E-state index in [-0.39, 0.29) is 0 Å². The highest BCUT2D eigenvalue weighted by atomic mass is 79.9. The Morgan fingerprint density at radius 1 is 1.33 bits per heavy atom. The van der Waals surface area contributed by atoms with E-state index >= 15 is 0 Å². The van der Waals surface area contributed by atoms with Crippen LogP contribution in [0.25, 0.3) is 0 Å². The van der Waals surface area contributed by atoms with Gasteiger partial charge >= 0.3 is 0 Å². The third kappa shape index (κ3) is 4.67. The number of likely N-dealkylation sites (N-methyl/N-ethyl adjacent to an activating group) is 1. The molecule has 0 aromatic carbocycles. The maximum absolute atomic E-state index is 3.68. The van der Waals surface area contributed by atoms with Gasteiger partial charge in [-0.3, -0.25) is 0 Å². The first-order valence-corrected chi connectivity index (χ1v) is 8.86. The summed E-state index contributed by atoms with van der Waals surface area (Å²) in [5.41, 5.74) is 0.